The Labute approximate surface area is 141 Å². The standard InChI is InChI=1S/C14H17ClF3N3O3/c15-9-4-5-11(24-8-14(16,17)18)10(7-9)21-12(22)3-1-2-6-20-13(19)23/h4-5,7H,1-3,6,8H2,(H,21,22)(H3,19,20,23). The van der Waals surface area contributed by atoms with Crippen LogP contribution in [0.3, 0.4) is 0 Å². The zero-order chi connectivity index (χ0) is 18.2. The predicted octanol–water partition coefficient (Wildman–Crippen LogP) is 3.06. The Kier molecular flexibility index (Phi) is 7.63. The van der Waals surface area contributed by atoms with Crippen molar-refractivity contribution in [1.82, 2.24) is 5.32 Å². The number of primary amides is 1. The summed E-state index contributed by atoms with van der Waals surface area (Å²) in [6, 6.07) is 3.27. The molecule has 24 heavy (non-hydrogen) atoms. The highest BCUT2D eigenvalue weighted by molar-refractivity contribution is 6.31. The number of halogens is 4. The van der Waals surface area contributed by atoms with Gasteiger partial charge in [-0.1, -0.05) is 11.6 Å². The molecule has 0 aliphatic heterocycles. The van der Waals surface area contributed by atoms with Crippen LogP contribution in [0.1, 0.15) is 19.3 Å². The first kappa shape index (κ1) is 19.9. The SMILES string of the molecule is NC(=O)NCCCCC(=O)Nc1cc(Cl)ccc1OCC(F)(F)F. The van der Waals surface area contributed by atoms with Gasteiger partial charge >= 0.3 is 12.2 Å². The van der Waals surface area contributed by atoms with Crippen molar-refractivity contribution < 1.29 is 27.5 Å². The Morgan fingerprint density at radius 3 is 2.58 bits per heavy atom. The molecule has 0 aromatic heterocycles. The molecule has 10 heteroatoms. The molecule has 6 nitrogen and oxygen atoms in total. The van der Waals surface area contributed by atoms with Crippen molar-refractivity contribution in [2.45, 2.75) is 25.4 Å². The van der Waals surface area contributed by atoms with E-state index in [-0.39, 0.29) is 22.9 Å². The lowest BCUT2D eigenvalue weighted by Crippen LogP contribution is -2.30. The zero-order valence-electron chi connectivity index (χ0n) is 12.6. The van der Waals surface area contributed by atoms with Crippen molar-refractivity contribution in [2.24, 2.45) is 5.73 Å². The summed E-state index contributed by atoms with van der Waals surface area (Å²) in [5.74, 6) is -0.534. The quantitative estimate of drug-likeness (QED) is 0.616. The number of benzene rings is 1. The number of hydrogen-bond donors (Lipinski definition) is 3. The van der Waals surface area contributed by atoms with Gasteiger partial charge in [0.1, 0.15) is 5.75 Å². The fraction of sp³-hybridized carbons (Fsp3) is 0.429. The second-order valence-corrected chi connectivity index (χ2v) is 5.28. The van der Waals surface area contributed by atoms with Crippen LogP contribution in [0.15, 0.2) is 18.2 Å². The molecule has 3 amide bonds. The van der Waals surface area contributed by atoms with Gasteiger partial charge in [-0.05, 0) is 31.0 Å². The van der Waals surface area contributed by atoms with E-state index < -0.39 is 24.7 Å². The van der Waals surface area contributed by atoms with Gasteiger partial charge in [-0.25, -0.2) is 4.79 Å². The van der Waals surface area contributed by atoms with Crippen LogP contribution >= 0.6 is 11.6 Å². The van der Waals surface area contributed by atoms with Crippen LogP contribution in [0, 0.1) is 0 Å². The van der Waals surface area contributed by atoms with Crippen molar-refractivity contribution in [3.8, 4) is 5.75 Å². The van der Waals surface area contributed by atoms with E-state index in [4.69, 9.17) is 17.3 Å². The number of alkyl halides is 3. The topological polar surface area (TPSA) is 93.5 Å². The molecule has 0 spiro atoms. The van der Waals surface area contributed by atoms with E-state index in [1.54, 1.807) is 0 Å². The second kappa shape index (κ2) is 9.21. The first-order valence-corrected chi connectivity index (χ1v) is 7.37. The van der Waals surface area contributed by atoms with E-state index in [9.17, 15) is 22.8 Å². The lowest BCUT2D eigenvalue weighted by atomic mass is 10.2. The van der Waals surface area contributed by atoms with Crippen LogP contribution in [0.25, 0.3) is 0 Å². The number of nitrogens with one attached hydrogen (secondary N) is 2. The van der Waals surface area contributed by atoms with Gasteiger partial charge in [-0.2, -0.15) is 13.2 Å². The van der Waals surface area contributed by atoms with Gasteiger partial charge in [0.25, 0.3) is 0 Å². The molecule has 4 N–H and O–H groups in total. The van der Waals surface area contributed by atoms with Gasteiger partial charge < -0.3 is 21.1 Å². The summed E-state index contributed by atoms with van der Waals surface area (Å²) in [4.78, 5) is 22.3. The smallest absolute Gasteiger partial charge is 0.422 e. The molecule has 0 atom stereocenters. The summed E-state index contributed by atoms with van der Waals surface area (Å²) in [6.07, 6.45) is -3.38. The average Bonchev–Trinajstić information content (AvgIpc) is 2.44. The minimum Gasteiger partial charge on any atom is -0.482 e. The number of unbranched alkanes of at least 4 members (excludes halogenated alkanes) is 1. The molecular formula is C14H17ClF3N3O3. The largest absolute Gasteiger partial charge is 0.482 e. The van der Waals surface area contributed by atoms with E-state index in [2.05, 4.69) is 15.4 Å². The third kappa shape index (κ3) is 8.47. The summed E-state index contributed by atoms with van der Waals surface area (Å²) >= 11 is 5.78. The number of hydrogen-bond acceptors (Lipinski definition) is 3. The minimum absolute atomic E-state index is 0.0620. The van der Waals surface area contributed by atoms with Gasteiger partial charge in [0.05, 0.1) is 5.69 Å². The lowest BCUT2D eigenvalue weighted by molar-refractivity contribution is -0.153. The zero-order valence-corrected chi connectivity index (χ0v) is 13.3. The normalized spacial score (nSPS) is 11.0. The Morgan fingerprint density at radius 1 is 1.25 bits per heavy atom. The maximum Gasteiger partial charge on any atom is 0.422 e. The summed E-state index contributed by atoms with van der Waals surface area (Å²) in [5, 5.41) is 5.08. The van der Waals surface area contributed by atoms with E-state index in [0.717, 1.165) is 0 Å². The maximum absolute atomic E-state index is 12.2. The molecule has 0 heterocycles. The highest BCUT2D eigenvalue weighted by atomic mass is 35.5. The highest BCUT2D eigenvalue weighted by Gasteiger charge is 2.29. The van der Waals surface area contributed by atoms with Gasteiger partial charge in [0, 0.05) is 18.0 Å². The maximum atomic E-state index is 12.2. The number of carbonyl (C=O) groups is 2. The average molecular weight is 368 g/mol. The van der Waals surface area contributed by atoms with Gasteiger partial charge in [0.2, 0.25) is 5.91 Å². The highest BCUT2D eigenvalue weighted by Crippen LogP contribution is 2.29. The molecule has 0 aliphatic carbocycles. The first-order chi connectivity index (χ1) is 11.2. The summed E-state index contributed by atoms with van der Waals surface area (Å²) in [5.41, 5.74) is 4.95. The monoisotopic (exact) mass is 367 g/mol. The van der Waals surface area contributed by atoms with Crippen molar-refractivity contribution in [2.75, 3.05) is 18.5 Å². The van der Waals surface area contributed by atoms with E-state index in [1.807, 2.05) is 0 Å². The molecule has 134 valence electrons. The van der Waals surface area contributed by atoms with Crippen LogP contribution < -0.4 is 21.1 Å². The number of ether oxygens (including phenoxy) is 1. The van der Waals surface area contributed by atoms with E-state index >= 15 is 0 Å². The van der Waals surface area contributed by atoms with Crippen molar-refractivity contribution in [1.29, 1.82) is 0 Å². The second-order valence-electron chi connectivity index (χ2n) is 4.84. The molecule has 0 saturated carbocycles. The van der Waals surface area contributed by atoms with Crippen molar-refractivity contribution >= 4 is 29.2 Å². The summed E-state index contributed by atoms with van der Waals surface area (Å²) in [7, 11) is 0. The fourth-order valence-electron chi connectivity index (χ4n) is 1.72. The van der Waals surface area contributed by atoms with Crippen LogP contribution in [-0.4, -0.2) is 31.3 Å². The van der Waals surface area contributed by atoms with Crippen LogP contribution in [0.5, 0.6) is 5.75 Å². The number of anilines is 1. The van der Waals surface area contributed by atoms with Crippen LogP contribution in [0.4, 0.5) is 23.7 Å². The molecule has 0 fully saturated rings. The van der Waals surface area contributed by atoms with E-state index in [1.165, 1.54) is 18.2 Å². The number of nitrogens with two attached hydrogens (primary N) is 1. The molecule has 0 saturated heterocycles. The Hall–Kier alpha value is -2.16. The fourth-order valence-corrected chi connectivity index (χ4v) is 1.89. The number of amides is 3. The minimum atomic E-state index is -4.49. The number of urea groups is 1. The third-order valence-electron chi connectivity index (χ3n) is 2.74. The molecule has 0 unspecified atom stereocenters. The van der Waals surface area contributed by atoms with E-state index in [0.29, 0.717) is 19.4 Å². The molecule has 0 bridgehead atoms. The summed E-state index contributed by atoms with van der Waals surface area (Å²) in [6.45, 7) is -1.14. The molecule has 1 rings (SSSR count). The Balaban J connectivity index is 2.54. The Bertz CT molecular complexity index is 582. The lowest BCUT2D eigenvalue weighted by Gasteiger charge is -2.14. The summed E-state index contributed by atoms with van der Waals surface area (Å²) < 4.78 is 41.4. The van der Waals surface area contributed by atoms with Crippen LogP contribution in [0.2, 0.25) is 5.02 Å². The van der Waals surface area contributed by atoms with Crippen molar-refractivity contribution in [3.63, 3.8) is 0 Å². The molecule has 1 aromatic rings. The number of rotatable bonds is 8. The molecule has 0 radical (unpaired) electrons. The predicted molar refractivity (Wildman–Crippen MR) is 83.1 cm³/mol. The Morgan fingerprint density at radius 2 is 1.96 bits per heavy atom. The van der Waals surface area contributed by atoms with Gasteiger partial charge in [0.15, 0.2) is 6.61 Å². The molecule has 1 aromatic carbocycles. The van der Waals surface area contributed by atoms with Crippen LogP contribution in [-0.2, 0) is 4.79 Å². The number of carbonyl (C=O) groups excluding carboxylic acids is 2. The van der Waals surface area contributed by atoms with Gasteiger partial charge in [-0.3, -0.25) is 4.79 Å². The van der Waals surface area contributed by atoms with Crippen molar-refractivity contribution in [3.05, 3.63) is 23.2 Å². The molecule has 0 aliphatic rings. The molecular weight excluding hydrogens is 351 g/mol. The first-order valence-electron chi connectivity index (χ1n) is 6.99. The van der Waals surface area contributed by atoms with Gasteiger partial charge in [-0.15, -0.1) is 0 Å². The third-order valence-corrected chi connectivity index (χ3v) is 2.97.